The number of hydrogen-bond acceptors (Lipinski definition) is 7. The lowest BCUT2D eigenvalue weighted by atomic mass is 10.1. The van der Waals surface area contributed by atoms with Crippen LogP contribution in [0.2, 0.25) is 0 Å². The van der Waals surface area contributed by atoms with Gasteiger partial charge in [0.05, 0.1) is 12.1 Å². The summed E-state index contributed by atoms with van der Waals surface area (Å²) in [6.45, 7) is 1.63. The maximum Gasteiger partial charge on any atom is 0.326 e. The maximum absolute atomic E-state index is 12.7. The predicted octanol–water partition coefficient (Wildman–Crippen LogP) is 1.82. The molecule has 0 aliphatic carbocycles. The van der Waals surface area contributed by atoms with Gasteiger partial charge in [-0.3, -0.25) is 14.4 Å². The number of carboxylic acids is 1. The summed E-state index contributed by atoms with van der Waals surface area (Å²) in [6, 6.07) is 13.0. The third-order valence-electron chi connectivity index (χ3n) is 4.65. The highest BCUT2D eigenvalue weighted by Gasteiger charge is 2.24. The van der Waals surface area contributed by atoms with Crippen molar-refractivity contribution in [2.45, 2.75) is 19.4 Å². The third kappa shape index (κ3) is 7.11. The van der Waals surface area contributed by atoms with Gasteiger partial charge >= 0.3 is 5.97 Å². The van der Waals surface area contributed by atoms with E-state index in [-0.39, 0.29) is 27.2 Å². The number of aryl methyl sites for hydroxylation is 1. The Balaban J connectivity index is 1.66. The number of benzene rings is 2. The molecule has 3 amide bonds. The Kier molecular flexibility index (Phi) is 8.30. The normalized spacial score (nSPS) is 11.1. The average Bonchev–Trinajstić information content (AvgIpc) is 3.18. The van der Waals surface area contributed by atoms with E-state index in [0.29, 0.717) is 11.4 Å². The van der Waals surface area contributed by atoms with Crippen molar-refractivity contribution in [3.8, 4) is 0 Å². The summed E-state index contributed by atoms with van der Waals surface area (Å²) in [5.74, 6) is -3.34. The van der Waals surface area contributed by atoms with Gasteiger partial charge in [0.25, 0.3) is 11.8 Å². The van der Waals surface area contributed by atoms with E-state index in [1.165, 1.54) is 18.2 Å². The minimum atomic E-state index is -1.46. The van der Waals surface area contributed by atoms with Crippen LogP contribution in [-0.2, 0) is 9.59 Å². The Morgan fingerprint density at radius 1 is 1.00 bits per heavy atom. The van der Waals surface area contributed by atoms with E-state index < -0.39 is 36.2 Å². The summed E-state index contributed by atoms with van der Waals surface area (Å²) < 4.78 is 0. The molecule has 1 aromatic heterocycles. The second-order valence-electron chi connectivity index (χ2n) is 7.47. The Morgan fingerprint density at radius 2 is 1.69 bits per heavy atom. The van der Waals surface area contributed by atoms with Crippen molar-refractivity contribution in [3.63, 3.8) is 0 Å². The number of aliphatic imine (C=N–C) groups is 1. The summed E-state index contributed by atoms with van der Waals surface area (Å²) in [7, 11) is 0. The molecule has 0 spiro atoms. The van der Waals surface area contributed by atoms with Crippen LogP contribution in [0.4, 0.5) is 16.5 Å². The number of nitrogens with one attached hydrogen (secondary N) is 3. The van der Waals surface area contributed by atoms with Gasteiger partial charge < -0.3 is 32.5 Å². The fourth-order valence-electron chi connectivity index (χ4n) is 3.04. The number of para-hydroxylation sites is 1. The van der Waals surface area contributed by atoms with Crippen molar-refractivity contribution in [3.05, 3.63) is 70.7 Å². The van der Waals surface area contributed by atoms with Crippen LogP contribution < -0.4 is 27.4 Å². The number of nitrogens with zero attached hydrogens (tertiary/aromatic N) is 2. The van der Waals surface area contributed by atoms with Crippen LogP contribution in [0.5, 0.6) is 0 Å². The number of guanidine groups is 1. The Morgan fingerprint density at radius 3 is 2.36 bits per heavy atom. The molecule has 13 heteroatoms. The van der Waals surface area contributed by atoms with Crippen molar-refractivity contribution >= 4 is 57.5 Å². The number of anilines is 2. The topological polar surface area (TPSA) is 202 Å². The van der Waals surface area contributed by atoms with Gasteiger partial charge in [0.15, 0.2) is 5.96 Å². The number of carboxylic acid groups (broad SMARTS) is 1. The maximum atomic E-state index is 12.7. The molecule has 3 rings (SSSR count). The summed E-state index contributed by atoms with van der Waals surface area (Å²) in [6.07, 6.45) is -0.477. The molecular weight excluding hydrogens is 486 g/mol. The number of aromatic nitrogens is 1. The SMILES string of the molecule is Cc1nc(N=C(N)N)sc1C(=O)Nc1cccc(C(=O)NC(CC(=O)Nc2ccccc2)C(=O)O)c1. The molecule has 0 aliphatic heterocycles. The zero-order valence-corrected chi connectivity index (χ0v) is 19.8. The first-order valence-corrected chi connectivity index (χ1v) is 11.3. The molecule has 2 aromatic carbocycles. The summed E-state index contributed by atoms with van der Waals surface area (Å²) in [4.78, 5) is 57.5. The molecule has 0 radical (unpaired) electrons. The zero-order valence-electron chi connectivity index (χ0n) is 19.0. The van der Waals surface area contributed by atoms with Gasteiger partial charge in [-0.15, -0.1) is 0 Å². The molecular formula is C23H23N7O5S. The summed E-state index contributed by atoms with van der Waals surface area (Å²) >= 11 is 0.990. The highest BCUT2D eigenvalue weighted by Crippen LogP contribution is 2.26. The van der Waals surface area contributed by atoms with Crippen molar-refractivity contribution in [2.75, 3.05) is 10.6 Å². The van der Waals surface area contributed by atoms with Crippen LogP contribution in [0.3, 0.4) is 0 Å². The zero-order chi connectivity index (χ0) is 26.2. The van der Waals surface area contributed by atoms with Gasteiger partial charge in [0, 0.05) is 16.9 Å². The lowest BCUT2D eigenvalue weighted by Gasteiger charge is -2.15. The van der Waals surface area contributed by atoms with Crippen molar-refractivity contribution in [1.82, 2.24) is 10.3 Å². The molecule has 0 saturated carbocycles. The number of hydrogen-bond donors (Lipinski definition) is 6. The van der Waals surface area contributed by atoms with Gasteiger partial charge in [-0.1, -0.05) is 35.6 Å². The first-order valence-electron chi connectivity index (χ1n) is 10.5. The number of amides is 3. The molecule has 12 nitrogen and oxygen atoms in total. The van der Waals surface area contributed by atoms with Crippen LogP contribution in [0.25, 0.3) is 0 Å². The Bertz CT molecular complexity index is 1320. The van der Waals surface area contributed by atoms with Gasteiger partial charge in [-0.05, 0) is 37.3 Å². The number of aliphatic carboxylic acids is 1. The number of rotatable bonds is 9. The van der Waals surface area contributed by atoms with E-state index in [1.807, 2.05) is 0 Å². The first kappa shape index (κ1) is 25.8. The van der Waals surface area contributed by atoms with Gasteiger partial charge in [0.2, 0.25) is 11.0 Å². The lowest BCUT2D eigenvalue weighted by Crippen LogP contribution is -2.43. The van der Waals surface area contributed by atoms with Crippen LogP contribution in [0.1, 0.15) is 32.1 Å². The van der Waals surface area contributed by atoms with Gasteiger partial charge in [-0.25, -0.2) is 9.78 Å². The monoisotopic (exact) mass is 509 g/mol. The molecule has 1 atom stereocenters. The second kappa shape index (κ2) is 11.6. The van der Waals surface area contributed by atoms with Crippen LogP contribution >= 0.6 is 11.3 Å². The van der Waals surface area contributed by atoms with Crippen molar-refractivity contribution in [1.29, 1.82) is 0 Å². The Labute approximate surface area is 209 Å². The van der Waals surface area contributed by atoms with E-state index >= 15 is 0 Å². The lowest BCUT2D eigenvalue weighted by molar-refractivity contribution is -0.140. The number of carbonyl (C=O) groups is 4. The first-order chi connectivity index (χ1) is 17.1. The third-order valence-corrected chi connectivity index (χ3v) is 5.70. The molecule has 0 fully saturated rings. The smallest absolute Gasteiger partial charge is 0.326 e. The minimum absolute atomic E-state index is 0.0877. The van der Waals surface area contributed by atoms with Crippen LogP contribution in [0, 0.1) is 6.92 Å². The quantitative estimate of drug-likeness (QED) is 0.185. The van der Waals surface area contributed by atoms with E-state index in [1.54, 1.807) is 43.3 Å². The highest BCUT2D eigenvalue weighted by atomic mass is 32.1. The highest BCUT2D eigenvalue weighted by molar-refractivity contribution is 7.17. The molecule has 3 aromatic rings. The fraction of sp³-hybridized carbons (Fsp3) is 0.130. The molecule has 1 unspecified atom stereocenters. The van der Waals surface area contributed by atoms with E-state index in [0.717, 1.165) is 11.3 Å². The molecule has 0 saturated heterocycles. The summed E-state index contributed by atoms with van der Waals surface area (Å²) in [5, 5.41) is 17.3. The largest absolute Gasteiger partial charge is 0.480 e. The Hall–Kier alpha value is -4.78. The second-order valence-corrected chi connectivity index (χ2v) is 8.44. The van der Waals surface area contributed by atoms with Gasteiger partial charge in [-0.2, -0.15) is 4.99 Å². The number of nitrogens with two attached hydrogens (primary N) is 2. The van der Waals surface area contributed by atoms with E-state index in [9.17, 15) is 24.3 Å². The van der Waals surface area contributed by atoms with E-state index in [4.69, 9.17) is 11.5 Å². The number of carbonyl (C=O) groups excluding carboxylic acids is 3. The molecule has 36 heavy (non-hydrogen) atoms. The molecule has 0 bridgehead atoms. The fourth-order valence-corrected chi connectivity index (χ4v) is 3.89. The van der Waals surface area contributed by atoms with Crippen molar-refractivity contribution in [2.24, 2.45) is 16.5 Å². The molecule has 8 N–H and O–H groups in total. The van der Waals surface area contributed by atoms with E-state index in [2.05, 4.69) is 25.9 Å². The molecule has 186 valence electrons. The van der Waals surface area contributed by atoms with Crippen LogP contribution in [-0.4, -0.2) is 45.8 Å². The standard InChI is InChI=1S/C23H23N7O5S/c1-12-18(36-23(26-12)30-22(24)25)20(33)28-15-9-5-6-13(10-15)19(32)29-16(21(34)35)11-17(31)27-14-7-3-2-4-8-14/h2-10,16H,11H2,1H3,(H,27,31)(H,28,33)(H,29,32)(H,34,35)(H4,24,25,26,30). The van der Waals surface area contributed by atoms with Crippen molar-refractivity contribution < 1.29 is 24.3 Å². The predicted molar refractivity (Wildman–Crippen MR) is 135 cm³/mol. The van der Waals surface area contributed by atoms with Gasteiger partial charge in [0.1, 0.15) is 10.9 Å². The number of thiazole rings is 1. The molecule has 1 heterocycles. The molecule has 0 aliphatic rings. The average molecular weight is 510 g/mol. The van der Waals surface area contributed by atoms with Crippen LogP contribution in [0.15, 0.2) is 59.6 Å². The minimum Gasteiger partial charge on any atom is -0.480 e. The summed E-state index contributed by atoms with van der Waals surface area (Å²) in [5.41, 5.74) is 12.0.